The average Bonchev–Trinajstić information content (AvgIpc) is 3.51. The fourth-order valence-electron chi connectivity index (χ4n) is 9.67. The Morgan fingerprint density at radius 2 is 1.91 bits per heavy atom. The zero-order chi connectivity index (χ0) is 38.6. The number of rotatable bonds is 12. The molecule has 0 aromatic heterocycles. The van der Waals surface area contributed by atoms with E-state index < -0.39 is 81.3 Å². The molecule has 1 aromatic rings. The van der Waals surface area contributed by atoms with Crippen LogP contribution in [0.15, 0.2) is 48.1 Å². The van der Waals surface area contributed by atoms with Gasteiger partial charge in [-0.2, -0.15) is 0 Å². The van der Waals surface area contributed by atoms with E-state index in [0.717, 1.165) is 6.08 Å². The van der Waals surface area contributed by atoms with E-state index in [-0.39, 0.29) is 43.2 Å². The molecule has 6 rings (SSSR count). The van der Waals surface area contributed by atoms with Gasteiger partial charge in [0.15, 0.2) is 40.9 Å². The lowest BCUT2D eigenvalue weighted by Gasteiger charge is -2.62. The lowest BCUT2D eigenvalue weighted by Crippen LogP contribution is -2.70. The van der Waals surface area contributed by atoms with Crippen molar-refractivity contribution in [2.24, 2.45) is 22.7 Å². The number of alkyl halides is 1. The summed E-state index contributed by atoms with van der Waals surface area (Å²) in [6, 6.07) is 4.51. The average molecular weight is 742 g/mol. The van der Waals surface area contributed by atoms with E-state index in [9.17, 15) is 34.4 Å². The van der Waals surface area contributed by atoms with E-state index in [1.54, 1.807) is 32.9 Å². The Balaban J connectivity index is 1.15. The van der Waals surface area contributed by atoms with Crippen LogP contribution in [0, 0.1) is 32.8 Å². The van der Waals surface area contributed by atoms with Crippen LogP contribution in [0.25, 0.3) is 6.08 Å². The van der Waals surface area contributed by atoms with Gasteiger partial charge in [0.25, 0.3) is 5.09 Å². The van der Waals surface area contributed by atoms with E-state index >= 15 is 4.39 Å². The number of allylic oxidation sites excluding steroid dienone is 4. The summed E-state index contributed by atoms with van der Waals surface area (Å²) in [5.41, 5.74) is -4.89. The number of hydrogen-bond acceptors (Lipinski definition) is 13. The number of ketones is 2. The quantitative estimate of drug-likeness (QED) is 0.0784. The van der Waals surface area contributed by atoms with E-state index in [4.69, 9.17) is 23.7 Å². The van der Waals surface area contributed by atoms with Gasteiger partial charge in [0.2, 0.25) is 5.78 Å². The van der Waals surface area contributed by atoms with Gasteiger partial charge in [0.05, 0.1) is 25.9 Å². The molecule has 14 nitrogen and oxygen atoms in total. The predicted molar refractivity (Wildman–Crippen MR) is 182 cm³/mol. The molecule has 1 unspecified atom stereocenters. The van der Waals surface area contributed by atoms with Crippen LogP contribution in [-0.2, 0) is 38.2 Å². The predicted octanol–water partition coefficient (Wildman–Crippen LogP) is 4.59. The summed E-state index contributed by atoms with van der Waals surface area (Å²) in [5.74, 6) is -4.26. The summed E-state index contributed by atoms with van der Waals surface area (Å²) in [7, 11) is 1.36. The lowest BCUT2D eigenvalue weighted by atomic mass is 9.44. The smallest absolute Gasteiger partial charge is 0.331 e. The monoisotopic (exact) mass is 741 g/mol. The summed E-state index contributed by atoms with van der Waals surface area (Å²) >= 11 is 0. The van der Waals surface area contributed by atoms with Crippen molar-refractivity contribution in [2.75, 3.05) is 20.3 Å². The molecule has 53 heavy (non-hydrogen) atoms. The van der Waals surface area contributed by atoms with E-state index in [0.29, 0.717) is 30.4 Å². The van der Waals surface area contributed by atoms with Crippen molar-refractivity contribution in [3.8, 4) is 11.5 Å². The Labute approximate surface area is 305 Å². The molecule has 0 bridgehead atoms. The van der Waals surface area contributed by atoms with E-state index in [2.05, 4.69) is 4.84 Å². The highest BCUT2D eigenvalue weighted by atomic mass is 19.1. The van der Waals surface area contributed by atoms with Crippen molar-refractivity contribution in [3.05, 3.63) is 63.8 Å². The summed E-state index contributed by atoms with van der Waals surface area (Å²) < 4.78 is 46.5. The first-order valence-electron chi connectivity index (χ1n) is 17.6. The van der Waals surface area contributed by atoms with Gasteiger partial charge in [0, 0.05) is 29.2 Å². The molecule has 0 radical (unpaired) electrons. The van der Waals surface area contributed by atoms with Gasteiger partial charge in [0.1, 0.15) is 0 Å². The summed E-state index contributed by atoms with van der Waals surface area (Å²) in [5, 5.41) is 21.1. The fourth-order valence-corrected chi connectivity index (χ4v) is 9.67. The number of Topliss-reactive ketones (excluding diaryl/α,β-unsaturated/α-hetero) is 1. The molecule has 1 heterocycles. The van der Waals surface area contributed by atoms with Gasteiger partial charge < -0.3 is 33.6 Å². The lowest BCUT2D eigenvalue weighted by molar-refractivity contribution is -0.757. The first-order chi connectivity index (χ1) is 24.9. The number of benzene rings is 1. The largest absolute Gasteiger partial charge is 0.493 e. The third kappa shape index (κ3) is 6.35. The zero-order valence-corrected chi connectivity index (χ0v) is 30.3. The number of fused-ring (bicyclic) bond motifs is 7. The van der Waals surface area contributed by atoms with Gasteiger partial charge in [-0.15, -0.1) is 10.1 Å². The number of halogens is 1. The first kappa shape index (κ1) is 38.3. The van der Waals surface area contributed by atoms with Gasteiger partial charge in [-0.05, 0) is 94.7 Å². The summed E-state index contributed by atoms with van der Waals surface area (Å²) in [6.07, 6.45) is 5.61. The van der Waals surface area contributed by atoms with Crippen LogP contribution in [0.4, 0.5) is 4.39 Å². The Morgan fingerprint density at radius 3 is 2.62 bits per heavy atom. The third-order valence-electron chi connectivity index (χ3n) is 11.9. The van der Waals surface area contributed by atoms with Crippen molar-refractivity contribution in [2.45, 2.75) is 95.5 Å². The fraction of sp³-hybridized carbons (Fsp3) is 0.579. The van der Waals surface area contributed by atoms with Crippen LogP contribution in [-0.4, -0.2) is 83.3 Å². The Kier molecular flexibility index (Phi) is 9.92. The maximum Gasteiger partial charge on any atom is 0.331 e. The number of ether oxygens (including phenoxy) is 5. The molecule has 1 N–H and O–H groups in total. The molecular formula is C38H44FNO13. The number of carbonyl (C=O) groups excluding carboxylic acids is 4. The van der Waals surface area contributed by atoms with Crippen molar-refractivity contribution in [1.82, 2.24) is 0 Å². The number of esters is 2. The van der Waals surface area contributed by atoms with Crippen molar-refractivity contribution in [1.29, 1.82) is 0 Å². The standard InChI is InChI=1S/C38H44FNO13/c1-34(2)52-31-19-26-25-11-10-23-18-24(41)14-15-35(23,3)37(25,39)29(42)20-36(26,4)38(31,53-34)30(43)21-49-32(44)13-9-22-8-12-27(28(17-22)48-5)51-33(45)7-6-16-50-40(46)47/h8-9,12-15,17-18,25-26,29,31,42H,6-7,10-11,16,19-21H2,1-5H3/b13-9+/t25?,26-,29-,31+,35-,36-,37-,38+/m0/s1. The SMILES string of the molecule is COc1cc(/C=C/C(=O)OCC(=O)[C@@]23OC(C)(C)O[C@@H]2C[C@H]2C4CCC5=CC(=O)C=C[C@]5(C)[C@@]4(F)[C@@H](O)C[C@@]23C)ccc1OC(=O)CCCO[N+](=O)[O-]. The molecule has 1 aromatic carbocycles. The molecule has 286 valence electrons. The Hall–Kier alpha value is -4.47. The maximum absolute atomic E-state index is 17.7. The topological polar surface area (TPSA) is 187 Å². The summed E-state index contributed by atoms with van der Waals surface area (Å²) in [4.78, 5) is 66.0. The van der Waals surface area contributed by atoms with Crippen molar-refractivity contribution < 1.29 is 62.3 Å². The third-order valence-corrected chi connectivity index (χ3v) is 11.9. The van der Waals surface area contributed by atoms with E-state index in [1.165, 1.54) is 37.5 Å². The Morgan fingerprint density at radius 1 is 1.15 bits per heavy atom. The molecule has 8 atom stereocenters. The van der Waals surface area contributed by atoms with Crippen LogP contribution in [0.3, 0.4) is 0 Å². The molecule has 5 aliphatic rings. The van der Waals surface area contributed by atoms with Gasteiger partial charge >= 0.3 is 11.9 Å². The second-order valence-corrected chi connectivity index (χ2v) is 15.3. The van der Waals surface area contributed by atoms with E-state index in [1.807, 2.05) is 6.92 Å². The highest BCUT2D eigenvalue weighted by Gasteiger charge is 2.80. The molecule has 1 aliphatic heterocycles. The second-order valence-electron chi connectivity index (χ2n) is 15.3. The molecule has 0 amide bonds. The number of aliphatic hydroxyl groups excluding tert-OH is 1. The van der Waals surface area contributed by atoms with Gasteiger partial charge in [-0.1, -0.05) is 24.6 Å². The minimum atomic E-state index is -2.10. The Bertz CT molecular complexity index is 1800. The number of hydrogen-bond donors (Lipinski definition) is 1. The molecule has 4 aliphatic carbocycles. The minimum absolute atomic E-state index is 0.0762. The molecule has 4 fully saturated rings. The number of methoxy groups -OCH3 is 1. The number of nitrogens with zero attached hydrogens (tertiary/aromatic N) is 1. The normalized spacial score (nSPS) is 35.0. The molecule has 3 saturated carbocycles. The highest BCUT2D eigenvalue weighted by Crippen LogP contribution is 2.72. The number of aliphatic hydroxyl groups is 1. The molecule has 0 spiro atoms. The van der Waals surface area contributed by atoms with Crippen molar-refractivity contribution in [3.63, 3.8) is 0 Å². The molecular weight excluding hydrogens is 697 g/mol. The molecule has 1 saturated heterocycles. The van der Waals surface area contributed by atoms with Crippen molar-refractivity contribution >= 4 is 29.6 Å². The second kappa shape index (κ2) is 13.7. The summed E-state index contributed by atoms with van der Waals surface area (Å²) in [6.45, 7) is 6.01. The maximum atomic E-state index is 17.7. The van der Waals surface area contributed by atoms with Crippen LogP contribution < -0.4 is 9.47 Å². The highest BCUT2D eigenvalue weighted by molar-refractivity contribution is 6.01. The van der Waals surface area contributed by atoms with Crippen LogP contribution in [0.2, 0.25) is 0 Å². The first-order valence-corrected chi connectivity index (χ1v) is 17.6. The van der Waals surface area contributed by atoms with Crippen LogP contribution >= 0.6 is 0 Å². The van der Waals surface area contributed by atoms with Gasteiger partial charge in [-0.3, -0.25) is 14.4 Å². The molecule has 15 heteroatoms. The van der Waals surface area contributed by atoms with Crippen LogP contribution in [0.1, 0.15) is 71.8 Å². The van der Waals surface area contributed by atoms with Crippen LogP contribution in [0.5, 0.6) is 11.5 Å². The zero-order valence-electron chi connectivity index (χ0n) is 30.3. The van der Waals surface area contributed by atoms with Gasteiger partial charge in [-0.25, -0.2) is 9.18 Å². The number of carbonyl (C=O) groups is 4. The minimum Gasteiger partial charge on any atom is -0.493 e.